The van der Waals surface area contributed by atoms with Crippen molar-refractivity contribution >= 4 is 12.1 Å². The lowest BCUT2D eigenvalue weighted by Crippen LogP contribution is -2.50. The number of aliphatic carboxylic acids is 1. The molecule has 0 bridgehead atoms. The summed E-state index contributed by atoms with van der Waals surface area (Å²) in [6.45, 7) is 3.47. The van der Waals surface area contributed by atoms with E-state index in [1.54, 1.807) is 38.1 Å². The van der Waals surface area contributed by atoms with Crippen LogP contribution >= 0.6 is 0 Å². The monoisotopic (exact) mass is 327 g/mol. The number of ether oxygens (including phenoxy) is 1. The summed E-state index contributed by atoms with van der Waals surface area (Å²) in [6, 6.07) is 18.1. The zero-order chi connectivity index (χ0) is 17.6. The molecule has 1 unspecified atom stereocenters. The van der Waals surface area contributed by atoms with Crippen LogP contribution in [0.3, 0.4) is 0 Å². The first-order valence-corrected chi connectivity index (χ1v) is 7.67. The van der Waals surface area contributed by atoms with Crippen LogP contribution in [0.15, 0.2) is 60.7 Å². The maximum absolute atomic E-state index is 12.1. The van der Waals surface area contributed by atoms with E-state index >= 15 is 0 Å². The average Bonchev–Trinajstić information content (AvgIpc) is 2.54. The molecule has 0 aromatic heterocycles. The molecule has 2 aromatic rings. The third-order valence-corrected chi connectivity index (χ3v) is 3.74. The van der Waals surface area contributed by atoms with Crippen molar-refractivity contribution in [3.63, 3.8) is 0 Å². The van der Waals surface area contributed by atoms with Crippen molar-refractivity contribution in [2.75, 3.05) is 0 Å². The summed E-state index contributed by atoms with van der Waals surface area (Å²) in [6.07, 6.45) is -0.647. The van der Waals surface area contributed by atoms with E-state index in [4.69, 9.17) is 4.74 Å². The Bertz CT molecular complexity index is 683. The number of benzene rings is 2. The highest BCUT2D eigenvalue weighted by Gasteiger charge is 2.38. The van der Waals surface area contributed by atoms with Gasteiger partial charge in [-0.2, -0.15) is 0 Å². The number of hydrogen-bond donors (Lipinski definition) is 2. The second-order valence-electron chi connectivity index (χ2n) is 6.09. The van der Waals surface area contributed by atoms with Crippen LogP contribution in [0.4, 0.5) is 4.79 Å². The van der Waals surface area contributed by atoms with Gasteiger partial charge in [0.2, 0.25) is 0 Å². The molecule has 2 N–H and O–H groups in total. The van der Waals surface area contributed by atoms with E-state index in [0.717, 1.165) is 5.56 Å². The number of hydrogen-bond acceptors (Lipinski definition) is 3. The first kappa shape index (κ1) is 17.5. The quantitative estimate of drug-likeness (QED) is 0.850. The van der Waals surface area contributed by atoms with Gasteiger partial charge in [-0.1, -0.05) is 60.7 Å². The number of carbonyl (C=O) groups excluding carboxylic acids is 1. The molecule has 5 heteroatoms. The van der Waals surface area contributed by atoms with E-state index < -0.39 is 23.5 Å². The molecule has 2 rings (SSSR count). The smallest absolute Gasteiger partial charge is 0.407 e. The van der Waals surface area contributed by atoms with Gasteiger partial charge in [-0.25, -0.2) is 4.79 Å². The SMILES string of the molecule is CC(C)(NC(=O)OCc1ccccc1)C(C(=O)O)c1ccccc1. The lowest BCUT2D eigenvalue weighted by molar-refractivity contribution is -0.140. The second kappa shape index (κ2) is 7.64. The molecular weight excluding hydrogens is 306 g/mol. The van der Waals surface area contributed by atoms with Gasteiger partial charge in [0.1, 0.15) is 12.5 Å². The van der Waals surface area contributed by atoms with Gasteiger partial charge in [-0.3, -0.25) is 4.79 Å². The van der Waals surface area contributed by atoms with Crippen LogP contribution in [-0.2, 0) is 16.1 Å². The zero-order valence-electron chi connectivity index (χ0n) is 13.7. The molecule has 0 aliphatic heterocycles. The molecule has 126 valence electrons. The topological polar surface area (TPSA) is 75.6 Å². The summed E-state index contributed by atoms with van der Waals surface area (Å²) in [4.78, 5) is 23.8. The number of carboxylic acid groups (broad SMARTS) is 1. The summed E-state index contributed by atoms with van der Waals surface area (Å²) >= 11 is 0. The van der Waals surface area contributed by atoms with Crippen LogP contribution in [0.1, 0.15) is 30.9 Å². The Hall–Kier alpha value is -2.82. The van der Waals surface area contributed by atoms with E-state index in [0.29, 0.717) is 5.56 Å². The molecule has 0 radical (unpaired) electrons. The first-order valence-electron chi connectivity index (χ1n) is 7.67. The van der Waals surface area contributed by atoms with Crippen molar-refractivity contribution in [3.05, 3.63) is 71.8 Å². The lowest BCUT2D eigenvalue weighted by Gasteiger charge is -2.32. The highest BCUT2D eigenvalue weighted by molar-refractivity contribution is 5.79. The molecule has 0 saturated heterocycles. The summed E-state index contributed by atoms with van der Waals surface area (Å²) in [5, 5.41) is 12.3. The summed E-state index contributed by atoms with van der Waals surface area (Å²) < 4.78 is 5.19. The van der Waals surface area contributed by atoms with Gasteiger partial charge in [0.05, 0.1) is 5.54 Å². The Morgan fingerprint density at radius 1 is 1.04 bits per heavy atom. The Kier molecular flexibility index (Phi) is 5.58. The Balaban J connectivity index is 2.05. The van der Waals surface area contributed by atoms with Gasteiger partial charge in [0.15, 0.2) is 0 Å². The molecular formula is C19H21NO4. The maximum atomic E-state index is 12.1. The molecule has 0 fully saturated rings. The normalized spacial score (nSPS) is 12.2. The highest BCUT2D eigenvalue weighted by Crippen LogP contribution is 2.28. The fourth-order valence-electron chi connectivity index (χ4n) is 2.61. The van der Waals surface area contributed by atoms with Gasteiger partial charge < -0.3 is 15.2 Å². The van der Waals surface area contributed by atoms with E-state index in [1.807, 2.05) is 36.4 Å². The van der Waals surface area contributed by atoms with Crippen LogP contribution in [-0.4, -0.2) is 22.7 Å². The predicted molar refractivity (Wildman–Crippen MR) is 90.7 cm³/mol. The maximum Gasteiger partial charge on any atom is 0.407 e. The first-order chi connectivity index (χ1) is 11.4. The molecule has 0 aliphatic rings. The molecule has 2 aromatic carbocycles. The number of carbonyl (C=O) groups is 2. The minimum absolute atomic E-state index is 0.131. The fraction of sp³-hybridized carbons (Fsp3) is 0.263. The van der Waals surface area contributed by atoms with Crippen LogP contribution in [0, 0.1) is 0 Å². The molecule has 0 heterocycles. The van der Waals surface area contributed by atoms with Crippen LogP contribution in [0.5, 0.6) is 0 Å². The molecule has 0 aliphatic carbocycles. The van der Waals surface area contributed by atoms with Gasteiger partial charge in [-0.15, -0.1) is 0 Å². The average molecular weight is 327 g/mol. The van der Waals surface area contributed by atoms with Crippen molar-refractivity contribution in [3.8, 4) is 0 Å². The summed E-state index contributed by atoms with van der Waals surface area (Å²) in [5.74, 6) is -1.89. The van der Waals surface area contributed by atoms with Crippen LogP contribution in [0.2, 0.25) is 0 Å². The van der Waals surface area contributed by atoms with Crippen LogP contribution in [0.25, 0.3) is 0 Å². The van der Waals surface area contributed by atoms with Crippen molar-refractivity contribution in [1.82, 2.24) is 5.32 Å². The van der Waals surface area contributed by atoms with Crippen molar-refractivity contribution < 1.29 is 19.4 Å². The van der Waals surface area contributed by atoms with E-state index in [-0.39, 0.29) is 6.61 Å². The number of carboxylic acids is 1. The molecule has 24 heavy (non-hydrogen) atoms. The van der Waals surface area contributed by atoms with Gasteiger partial charge >= 0.3 is 12.1 Å². The van der Waals surface area contributed by atoms with Gasteiger partial charge in [0.25, 0.3) is 0 Å². The van der Waals surface area contributed by atoms with Crippen LogP contribution < -0.4 is 5.32 Å². The number of alkyl carbamates (subject to hydrolysis) is 1. The predicted octanol–water partition coefficient (Wildman–Crippen LogP) is 3.56. The largest absolute Gasteiger partial charge is 0.481 e. The van der Waals surface area contributed by atoms with Crippen molar-refractivity contribution in [2.45, 2.75) is 31.9 Å². The van der Waals surface area contributed by atoms with Crippen molar-refractivity contribution in [2.24, 2.45) is 0 Å². The Morgan fingerprint density at radius 3 is 2.12 bits per heavy atom. The Labute approximate surface area is 141 Å². The van der Waals surface area contributed by atoms with Gasteiger partial charge in [-0.05, 0) is 25.0 Å². The molecule has 0 saturated carbocycles. The molecule has 1 amide bonds. The second-order valence-corrected chi connectivity index (χ2v) is 6.09. The zero-order valence-corrected chi connectivity index (χ0v) is 13.7. The fourth-order valence-corrected chi connectivity index (χ4v) is 2.61. The van der Waals surface area contributed by atoms with Gasteiger partial charge in [0, 0.05) is 0 Å². The highest BCUT2D eigenvalue weighted by atomic mass is 16.5. The van der Waals surface area contributed by atoms with Crippen molar-refractivity contribution in [1.29, 1.82) is 0 Å². The number of rotatable bonds is 6. The summed E-state index contributed by atoms with van der Waals surface area (Å²) in [5.41, 5.74) is 0.475. The molecule has 5 nitrogen and oxygen atoms in total. The summed E-state index contributed by atoms with van der Waals surface area (Å²) in [7, 11) is 0. The number of amides is 1. The van der Waals surface area contributed by atoms with E-state index in [1.165, 1.54) is 0 Å². The third kappa shape index (κ3) is 4.59. The minimum Gasteiger partial charge on any atom is -0.481 e. The number of nitrogens with one attached hydrogen (secondary N) is 1. The Morgan fingerprint density at radius 2 is 1.58 bits per heavy atom. The minimum atomic E-state index is -1.01. The lowest BCUT2D eigenvalue weighted by atomic mass is 9.82. The standard InChI is InChI=1S/C19H21NO4/c1-19(2,16(17(21)22)15-11-7-4-8-12-15)20-18(23)24-13-14-9-5-3-6-10-14/h3-12,16H,13H2,1-2H3,(H,20,23)(H,21,22). The van der Waals surface area contributed by atoms with E-state index in [9.17, 15) is 14.7 Å². The third-order valence-electron chi connectivity index (χ3n) is 3.74. The molecule has 1 atom stereocenters. The molecule has 0 spiro atoms. The van der Waals surface area contributed by atoms with E-state index in [2.05, 4.69) is 5.32 Å².